The fourth-order valence-corrected chi connectivity index (χ4v) is 1.67. The van der Waals surface area contributed by atoms with E-state index in [4.69, 9.17) is 33.3 Å². The van der Waals surface area contributed by atoms with Crippen molar-refractivity contribution in [2.24, 2.45) is 0 Å². The van der Waals surface area contributed by atoms with E-state index in [-0.39, 0.29) is 0 Å². The summed E-state index contributed by atoms with van der Waals surface area (Å²) in [6.45, 7) is 0. The summed E-state index contributed by atoms with van der Waals surface area (Å²) in [5, 5.41) is 0.362. The van der Waals surface area contributed by atoms with Gasteiger partial charge in [0, 0.05) is 18.3 Å². The molecule has 98 valence electrons. The molecule has 0 radical (unpaired) electrons. The number of hydrogen-bond acceptors (Lipinski definition) is 6. The van der Waals surface area contributed by atoms with E-state index < -0.39 is 0 Å². The van der Waals surface area contributed by atoms with Gasteiger partial charge in [-0.05, 0) is 24.5 Å². The van der Waals surface area contributed by atoms with Gasteiger partial charge in [0.15, 0.2) is 5.75 Å². The summed E-state index contributed by atoms with van der Waals surface area (Å²) in [4.78, 5) is 7.90. The quantitative estimate of drug-likeness (QED) is 0.631. The number of ether oxygens (including phenoxy) is 2. The topological polar surface area (TPSA) is 44.2 Å². The fraction of sp³-hybridized carbons (Fsp3) is 0.0833. The molecule has 0 aliphatic heterocycles. The lowest BCUT2D eigenvalue weighted by Gasteiger charge is -2.08. The Bertz CT molecular complexity index is 595. The minimum Gasteiger partial charge on any atom is -0.455 e. The fourth-order valence-electron chi connectivity index (χ4n) is 1.23. The standard InChI is InChI=1S/C12H9ClN2O2S2/c1-19-12(18)17-10-4-9(6-14-7-10)16-8-2-3-15-11(13)5-8/h2-7H,1H3. The van der Waals surface area contributed by atoms with Gasteiger partial charge in [-0.3, -0.25) is 4.98 Å². The maximum Gasteiger partial charge on any atom is 0.225 e. The summed E-state index contributed by atoms with van der Waals surface area (Å²) in [6.07, 6.45) is 6.54. The maximum absolute atomic E-state index is 5.78. The van der Waals surface area contributed by atoms with Crippen LogP contribution in [0.5, 0.6) is 17.2 Å². The highest BCUT2D eigenvalue weighted by molar-refractivity contribution is 8.22. The SMILES string of the molecule is CSC(=S)Oc1cncc(Oc2ccnc(Cl)c2)c1. The van der Waals surface area contributed by atoms with Crippen LogP contribution in [-0.4, -0.2) is 20.6 Å². The third kappa shape index (κ3) is 4.34. The number of nitrogens with zero attached hydrogens (tertiary/aromatic N) is 2. The molecule has 0 unspecified atom stereocenters. The summed E-state index contributed by atoms with van der Waals surface area (Å²) in [6, 6.07) is 5.01. The van der Waals surface area contributed by atoms with Crippen molar-refractivity contribution in [2.45, 2.75) is 0 Å². The van der Waals surface area contributed by atoms with E-state index >= 15 is 0 Å². The van der Waals surface area contributed by atoms with Crippen molar-refractivity contribution >= 4 is 40.0 Å². The molecular weight excluding hydrogens is 304 g/mol. The Balaban J connectivity index is 2.13. The first-order valence-corrected chi connectivity index (χ1v) is 7.19. The summed E-state index contributed by atoms with van der Waals surface area (Å²) in [7, 11) is 0. The van der Waals surface area contributed by atoms with Crippen LogP contribution in [0.2, 0.25) is 5.15 Å². The molecule has 19 heavy (non-hydrogen) atoms. The Hall–Kier alpha value is -1.37. The van der Waals surface area contributed by atoms with Gasteiger partial charge in [-0.1, -0.05) is 23.4 Å². The van der Waals surface area contributed by atoms with E-state index in [1.165, 1.54) is 11.8 Å². The van der Waals surface area contributed by atoms with Crippen molar-refractivity contribution in [3.8, 4) is 17.2 Å². The highest BCUT2D eigenvalue weighted by atomic mass is 35.5. The molecule has 2 heterocycles. The Morgan fingerprint density at radius 3 is 2.79 bits per heavy atom. The monoisotopic (exact) mass is 312 g/mol. The smallest absolute Gasteiger partial charge is 0.225 e. The second-order valence-electron chi connectivity index (χ2n) is 3.33. The van der Waals surface area contributed by atoms with Crippen LogP contribution in [0.25, 0.3) is 0 Å². The number of thioether (sulfide) groups is 1. The molecule has 4 nitrogen and oxygen atoms in total. The molecule has 7 heteroatoms. The number of aromatic nitrogens is 2. The van der Waals surface area contributed by atoms with Gasteiger partial charge in [0.2, 0.25) is 4.38 Å². The number of pyridine rings is 2. The van der Waals surface area contributed by atoms with Crippen LogP contribution in [0, 0.1) is 0 Å². The number of thiocarbonyl (C=S) groups is 1. The second kappa shape index (κ2) is 6.70. The maximum atomic E-state index is 5.78. The molecule has 0 aromatic carbocycles. The highest BCUT2D eigenvalue weighted by Crippen LogP contribution is 2.25. The molecule has 0 saturated carbocycles. The summed E-state index contributed by atoms with van der Waals surface area (Å²) >= 11 is 12.1. The minimum absolute atomic E-state index is 0.362. The first kappa shape index (κ1) is 14.0. The van der Waals surface area contributed by atoms with Gasteiger partial charge in [0.25, 0.3) is 0 Å². The van der Waals surface area contributed by atoms with E-state index in [0.717, 1.165) is 0 Å². The van der Waals surface area contributed by atoms with E-state index in [2.05, 4.69) is 9.97 Å². The van der Waals surface area contributed by atoms with Gasteiger partial charge in [0.05, 0.1) is 12.4 Å². The summed E-state index contributed by atoms with van der Waals surface area (Å²) in [5.41, 5.74) is 0. The average Bonchev–Trinajstić information content (AvgIpc) is 2.39. The second-order valence-corrected chi connectivity index (χ2v) is 5.12. The normalized spacial score (nSPS) is 10.0. The van der Waals surface area contributed by atoms with E-state index in [1.807, 2.05) is 6.26 Å². The van der Waals surface area contributed by atoms with Crippen molar-refractivity contribution in [1.82, 2.24) is 9.97 Å². The van der Waals surface area contributed by atoms with Crippen molar-refractivity contribution in [1.29, 1.82) is 0 Å². The zero-order valence-corrected chi connectivity index (χ0v) is 12.3. The predicted octanol–water partition coefficient (Wildman–Crippen LogP) is 3.95. The molecule has 2 aromatic heterocycles. The zero-order valence-electron chi connectivity index (χ0n) is 9.87. The first-order chi connectivity index (χ1) is 9.17. The predicted molar refractivity (Wildman–Crippen MR) is 80.3 cm³/mol. The molecule has 0 atom stereocenters. The lowest BCUT2D eigenvalue weighted by Crippen LogP contribution is -1.99. The van der Waals surface area contributed by atoms with Gasteiger partial charge in [0.1, 0.15) is 16.7 Å². The van der Waals surface area contributed by atoms with Gasteiger partial charge >= 0.3 is 0 Å². The van der Waals surface area contributed by atoms with Crippen LogP contribution in [0.3, 0.4) is 0 Å². The molecule has 0 fully saturated rings. The Labute approximate surface area is 125 Å². The highest BCUT2D eigenvalue weighted by Gasteiger charge is 2.04. The molecule has 2 aromatic rings. The molecule has 2 rings (SSSR count). The molecule has 0 aliphatic carbocycles. The third-order valence-corrected chi connectivity index (χ3v) is 3.20. The van der Waals surface area contributed by atoms with Crippen LogP contribution < -0.4 is 9.47 Å². The lowest BCUT2D eigenvalue weighted by molar-refractivity contribution is 0.473. The third-order valence-electron chi connectivity index (χ3n) is 1.99. The number of halogens is 1. The molecule has 0 aliphatic rings. The van der Waals surface area contributed by atoms with Crippen molar-refractivity contribution in [3.63, 3.8) is 0 Å². The minimum atomic E-state index is 0.362. The van der Waals surface area contributed by atoms with Crippen molar-refractivity contribution in [2.75, 3.05) is 6.26 Å². The van der Waals surface area contributed by atoms with Crippen LogP contribution >= 0.6 is 35.6 Å². The summed E-state index contributed by atoms with van der Waals surface area (Å²) in [5.74, 6) is 1.63. The van der Waals surface area contributed by atoms with Crippen LogP contribution in [-0.2, 0) is 0 Å². The Kier molecular flexibility index (Phi) is 4.95. The molecule has 0 amide bonds. The van der Waals surface area contributed by atoms with Gasteiger partial charge in [-0.2, -0.15) is 0 Å². The summed E-state index contributed by atoms with van der Waals surface area (Å²) < 4.78 is 11.4. The molecule has 0 spiro atoms. The van der Waals surface area contributed by atoms with Crippen molar-refractivity contribution < 1.29 is 9.47 Å². The van der Waals surface area contributed by atoms with Crippen LogP contribution in [0.1, 0.15) is 0 Å². The van der Waals surface area contributed by atoms with Crippen LogP contribution in [0.15, 0.2) is 36.8 Å². The number of rotatable bonds is 3. The lowest BCUT2D eigenvalue weighted by atomic mass is 10.4. The van der Waals surface area contributed by atoms with Crippen LogP contribution in [0.4, 0.5) is 0 Å². The van der Waals surface area contributed by atoms with E-state index in [9.17, 15) is 0 Å². The molecule has 0 bridgehead atoms. The largest absolute Gasteiger partial charge is 0.455 e. The Morgan fingerprint density at radius 2 is 2.05 bits per heavy atom. The number of hydrogen-bond donors (Lipinski definition) is 0. The molecular formula is C12H9ClN2O2S2. The van der Waals surface area contributed by atoms with Gasteiger partial charge in [-0.25, -0.2) is 4.98 Å². The zero-order chi connectivity index (χ0) is 13.7. The Morgan fingerprint density at radius 1 is 1.26 bits per heavy atom. The average molecular weight is 313 g/mol. The van der Waals surface area contributed by atoms with E-state index in [0.29, 0.717) is 26.8 Å². The van der Waals surface area contributed by atoms with Gasteiger partial charge < -0.3 is 9.47 Å². The molecule has 0 saturated heterocycles. The van der Waals surface area contributed by atoms with Crippen molar-refractivity contribution in [3.05, 3.63) is 41.9 Å². The van der Waals surface area contributed by atoms with E-state index in [1.54, 1.807) is 36.8 Å². The molecule has 0 N–H and O–H groups in total. The first-order valence-electron chi connectivity index (χ1n) is 5.17. The van der Waals surface area contributed by atoms with Gasteiger partial charge in [-0.15, -0.1) is 0 Å².